The average molecular weight is 215 g/mol. The minimum atomic E-state index is 0.603. The number of rotatable bonds is 6. The van der Waals surface area contributed by atoms with Crippen molar-refractivity contribution in [1.82, 2.24) is 5.32 Å². The van der Waals surface area contributed by atoms with Crippen LogP contribution in [0, 0.1) is 0 Å². The summed E-state index contributed by atoms with van der Waals surface area (Å²) in [5.41, 5.74) is 0. The molecule has 0 fully saturated rings. The Morgan fingerprint density at radius 3 is 3.08 bits per heavy atom. The summed E-state index contributed by atoms with van der Waals surface area (Å²) >= 11 is 3.74. The van der Waals surface area contributed by atoms with E-state index >= 15 is 0 Å². The molecule has 1 nitrogen and oxygen atoms in total. The van der Waals surface area contributed by atoms with Crippen LogP contribution in [0.4, 0.5) is 0 Å². The predicted molar refractivity (Wildman–Crippen MR) is 63.9 cm³/mol. The molecule has 1 heterocycles. The van der Waals surface area contributed by atoms with Crippen molar-refractivity contribution in [1.29, 1.82) is 0 Å². The molecule has 1 atom stereocenters. The van der Waals surface area contributed by atoms with Gasteiger partial charge < -0.3 is 5.32 Å². The van der Waals surface area contributed by atoms with E-state index in [4.69, 9.17) is 0 Å². The van der Waals surface area contributed by atoms with Crippen LogP contribution in [0.1, 0.15) is 11.8 Å². The Morgan fingerprint density at radius 1 is 1.62 bits per heavy atom. The van der Waals surface area contributed by atoms with E-state index in [0.29, 0.717) is 6.04 Å². The second kappa shape index (κ2) is 6.46. The predicted octanol–water partition coefficient (Wildman–Crippen LogP) is 2.63. The molecule has 0 amide bonds. The highest BCUT2D eigenvalue weighted by Crippen LogP contribution is 2.10. The van der Waals surface area contributed by atoms with Gasteiger partial charge in [0.2, 0.25) is 0 Å². The highest BCUT2D eigenvalue weighted by molar-refractivity contribution is 7.98. The number of hydrogen-bond acceptors (Lipinski definition) is 3. The number of thiophene rings is 1. The topological polar surface area (TPSA) is 12.0 Å². The molecular weight excluding hydrogens is 198 g/mol. The van der Waals surface area contributed by atoms with E-state index in [1.165, 1.54) is 10.6 Å². The summed E-state index contributed by atoms with van der Waals surface area (Å²) in [6.45, 7) is 3.37. The van der Waals surface area contributed by atoms with Crippen LogP contribution in [0.5, 0.6) is 0 Å². The average Bonchev–Trinajstić information content (AvgIpc) is 2.57. The van der Waals surface area contributed by atoms with Crippen LogP contribution in [0.25, 0.3) is 0 Å². The molecule has 0 saturated carbocycles. The van der Waals surface area contributed by atoms with Crippen molar-refractivity contribution >= 4 is 23.1 Å². The molecule has 1 rings (SSSR count). The van der Waals surface area contributed by atoms with Crippen molar-refractivity contribution < 1.29 is 0 Å². The van der Waals surface area contributed by atoms with Crippen LogP contribution in [0.3, 0.4) is 0 Å². The molecule has 0 aliphatic heterocycles. The maximum absolute atomic E-state index is 3.51. The lowest BCUT2D eigenvalue weighted by atomic mass is 10.2. The van der Waals surface area contributed by atoms with Gasteiger partial charge in [-0.2, -0.15) is 11.8 Å². The first-order valence-electron chi connectivity index (χ1n) is 4.57. The summed E-state index contributed by atoms with van der Waals surface area (Å²) in [6.07, 6.45) is 3.30. The fourth-order valence-corrected chi connectivity index (χ4v) is 2.37. The van der Waals surface area contributed by atoms with E-state index in [1.54, 1.807) is 0 Å². The molecular formula is C10H17NS2. The molecule has 0 radical (unpaired) electrons. The maximum atomic E-state index is 3.51. The summed E-state index contributed by atoms with van der Waals surface area (Å²) < 4.78 is 0. The van der Waals surface area contributed by atoms with Gasteiger partial charge in [0, 0.05) is 23.2 Å². The van der Waals surface area contributed by atoms with Crippen LogP contribution < -0.4 is 5.32 Å². The first kappa shape index (κ1) is 11.1. The smallest absolute Gasteiger partial charge is 0.00873 e. The van der Waals surface area contributed by atoms with Crippen LogP contribution in [-0.2, 0) is 6.42 Å². The largest absolute Gasteiger partial charge is 0.313 e. The normalized spacial score (nSPS) is 13.1. The fraction of sp³-hybridized carbons (Fsp3) is 0.600. The molecule has 0 aliphatic carbocycles. The molecule has 0 aliphatic rings. The lowest BCUT2D eigenvalue weighted by molar-refractivity contribution is 0.571. The van der Waals surface area contributed by atoms with E-state index in [1.807, 2.05) is 23.1 Å². The van der Waals surface area contributed by atoms with Gasteiger partial charge in [-0.3, -0.25) is 0 Å². The van der Waals surface area contributed by atoms with Crippen molar-refractivity contribution in [2.75, 3.05) is 18.6 Å². The van der Waals surface area contributed by atoms with Gasteiger partial charge in [0.1, 0.15) is 0 Å². The van der Waals surface area contributed by atoms with Crippen molar-refractivity contribution in [3.63, 3.8) is 0 Å². The first-order valence-corrected chi connectivity index (χ1v) is 6.85. The molecule has 1 aromatic rings. The Labute approximate surface area is 88.9 Å². The van der Waals surface area contributed by atoms with E-state index in [0.717, 1.165) is 13.0 Å². The van der Waals surface area contributed by atoms with Gasteiger partial charge in [0.05, 0.1) is 0 Å². The van der Waals surface area contributed by atoms with Gasteiger partial charge in [-0.05, 0) is 31.0 Å². The molecule has 13 heavy (non-hydrogen) atoms. The summed E-state index contributed by atoms with van der Waals surface area (Å²) in [4.78, 5) is 1.48. The zero-order valence-electron chi connectivity index (χ0n) is 8.25. The highest BCUT2D eigenvalue weighted by Gasteiger charge is 2.02. The quantitative estimate of drug-likeness (QED) is 0.732. The zero-order chi connectivity index (χ0) is 9.52. The van der Waals surface area contributed by atoms with E-state index < -0.39 is 0 Å². The summed E-state index contributed by atoms with van der Waals surface area (Å²) in [5.74, 6) is 1.20. The van der Waals surface area contributed by atoms with Crippen molar-refractivity contribution in [3.05, 3.63) is 22.4 Å². The minimum Gasteiger partial charge on any atom is -0.313 e. The first-order chi connectivity index (χ1) is 6.33. The number of hydrogen-bond donors (Lipinski definition) is 1. The lowest BCUT2D eigenvalue weighted by Crippen LogP contribution is -2.29. The summed E-state index contributed by atoms with van der Waals surface area (Å²) in [6, 6.07) is 4.93. The minimum absolute atomic E-state index is 0.603. The number of thioether (sulfide) groups is 1. The molecule has 0 saturated heterocycles. The van der Waals surface area contributed by atoms with Gasteiger partial charge in [-0.1, -0.05) is 6.07 Å². The van der Waals surface area contributed by atoms with Crippen LogP contribution >= 0.6 is 23.1 Å². The standard InChI is InChI=1S/C10H17NS2/c1-9(11-5-7-12-2)8-10-4-3-6-13-10/h3-4,6,9,11H,5,7-8H2,1-2H3. The Balaban J connectivity index is 2.14. The Morgan fingerprint density at radius 2 is 2.46 bits per heavy atom. The third-order valence-electron chi connectivity index (χ3n) is 1.89. The van der Waals surface area contributed by atoms with Gasteiger partial charge in [0.25, 0.3) is 0 Å². The monoisotopic (exact) mass is 215 g/mol. The van der Waals surface area contributed by atoms with Crippen molar-refractivity contribution in [2.24, 2.45) is 0 Å². The highest BCUT2D eigenvalue weighted by atomic mass is 32.2. The van der Waals surface area contributed by atoms with Gasteiger partial charge in [-0.15, -0.1) is 11.3 Å². The Bertz CT molecular complexity index is 209. The zero-order valence-corrected chi connectivity index (χ0v) is 9.88. The lowest BCUT2D eigenvalue weighted by Gasteiger charge is -2.11. The van der Waals surface area contributed by atoms with Gasteiger partial charge in [0.15, 0.2) is 0 Å². The van der Waals surface area contributed by atoms with Crippen molar-refractivity contribution in [2.45, 2.75) is 19.4 Å². The van der Waals surface area contributed by atoms with Crippen molar-refractivity contribution in [3.8, 4) is 0 Å². The van der Waals surface area contributed by atoms with E-state index in [2.05, 4.69) is 36.0 Å². The third kappa shape index (κ3) is 4.69. The van der Waals surface area contributed by atoms with Gasteiger partial charge in [-0.25, -0.2) is 0 Å². The molecule has 3 heteroatoms. The van der Waals surface area contributed by atoms with E-state index in [9.17, 15) is 0 Å². The second-order valence-electron chi connectivity index (χ2n) is 3.13. The van der Waals surface area contributed by atoms with E-state index in [-0.39, 0.29) is 0 Å². The molecule has 1 N–H and O–H groups in total. The number of nitrogens with one attached hydrogen (secondary N) is 1. The fourth-order valence-electron chi connectivity index (χ4n) is 1.21. The second-order valence-corrected chi connectivity index (χ2v) is 5.15. The molecule has 74 valence electrons. The Kier molecular flexibility index (Phi) is 5.51. The molecule has 1 aromatic heterocycles. The maximum Gasteiger partial charge on any atom is 0.00873 e. The van der Waals surface area contributed by atoms with Crippen LogP contribution in [0.15, 0.2) is 17.5 Å². The summed E-state index contributed by atoms with van der Waals surface area (Å²) in [7, 11) is 0. The summed E-state index contributed by atoms with van der Waals surface area (Å²) in [5, 5.41) is 5.65. The molecule has 1 unspecified atom stereocenters. The Hall–Kier alpha value is 0.01000. The SMILES string of the molecule is CSCCNC(C)Cc1cccs1. The third-order valence-corrected chi connectivity index (χ3v) is 3.40. The molecule has 0 spiro atoms. The molecule has 0 bridgehead atoms. The van der Waals surface area contributed by atoms with Crippen LogP contribution in [-0.4, -0.2) is 24.6 Å². The van der Waals surface area contributed by atoms with Crippen LogP contribution in [0.2, 0.25) is 0 Å². The molecule has 0 aromatic carbocycles. The van der Waals surface area contributed by atoms with Gasteiger partial charge >= 0.3 is 0 Å².